The third-order valence-corrected chi connectivity index (χ3v) is 4.12. The second-order valence-corrected chi connectivity index (χ2v) is 5.90. The van der Waals surface area contributed by atoms with Crippen LogP contribution in [0.15, 0.2) is 15.2 Å². The smallest absolute Gasteiger partial charge is 0.223 e. The van der Waals surface area contributed by atoms with Gasteiger partial charge in [0.25, 0.3) is 0 Å². The second kappa shape index (κ2) is 4.45. The number of rotatable bonds is 3. The van der Waals surface area contributed by atoms with Gasteiger partial charge in [-0.2, -0.15) is 0 Å². The Balaban J connectivity index is 1.79. The summed E-state index contributed by atoms with van der Waals surface area (Å²) in [5.74, 6) is 0.510. The third-order valence-electron chi connectivity index (χ3n) is 2.56. The summed E-state index contributed by atoms with van der Waals surface area (Å²) in [6.07, 6.45) is 3.35. The van der Waals surface area contributed by atoms with E-state index in [0.717, 1.165) is 16.6 Å². The Morgan fingerprint density at radius 2 is 2.43 bits per heavy atom. The van der Waals surface area contributed by atoms with Crippen molar-refractivity contribution >= 4 is 33.2 Å². The minimum absolute atomic E-state index is 0.221. The molecule has 1 aromatic heterocycles. The molecule has 0 bridgehead atoms. The average molecular weight is 274 g/mol. The summed E-state index contributed by atoms with van der Waals surface area (Å²) < 4.78 is 1.12. The van der Waals surface area contributed by atoms with E-state index in [1.54, 1.807) is 11.3 Å². The molecular formula is C10H12BrNOS. The molecule has 0 unspecified atom stereocenters. The molecule has 76 valence electrons. The minimum atomic E-state index is 0.221. The molecule has 0 spiro atoms. The first-order chi connectivity index (χ1) is 6.75. The van der Waals surface area contributed by atoms with E-state index in [4.69, 9.17) is 0 Å². The number of carbonyl (C=O) groups excluding carboxylic acids is 1. The third kappa shape index (κ3) is 2.36. The number of amides is 1. The fourth-order valence-electron chi connectivity index (χ4n) is 1.44. The van der Waals surface area contributed by atoms with Gasteiger partial charge in [0.15, 0.2) is 0 Å². The van der Waals surface area contributed by atoms with Gasteiger partial charge in [0, 0.05) is 12.5 Å². The van der Waals surface area contributed by atoms with Crippen molar-refractivity contribution in [2.45, 2.75) is 25.8 Å². The molecule has 2 nitrogen and oxygen atoms in total. The lowest BCUT2D eigenvalue weighted by Gasteiger charge is -2.23. The summed E-state index contributed by atoms with van der Waals surface area (Å²) in [6.45, 7) is 0.664. The summed E-state index contributed by atoms with van der Waals surface area (Å²) in [5, 5.41) is 5.02. The molecule has 0 saturated heterocycles. The molecule has 0 radical (unpaired) electrons. The predicted molar refractivity (Wildman–Crippen MR) is 61.2 cm³/mol. The van der Waals surface area contributed by atoms with E-state index in [2.05, 4.69) is 26.6 Å². The zero-order chi connectivity index (χ0) is 9.97. The Morgan fingerprint density at radius 1 is 1.64 bits per heavy atom. The Hall–Kier alpha value is -0.350. The topological polar surface area (TPSA) is 29.1 Å². The highest BCUT2D eigenvalue weighted by Gasteiger charge is 2.24. The first-order valence-electron chi connectivity index (χ1n) is 4.76. The lowest BCUT2D eigenvalue weighted by molar-refractivity contribution is -0.127. The van der Waals surface area contributed by atoms with Gasteiger partial charge in [-0.05, 0) is 45.8 Å². The fraction of sp³-hybridized carbons (Fsp3) is 0.500. The molecule has 1 N–H and O–H groups in total. The molecule has 4 heteroatoms. The maximum absolute atomic E-state index is 11.5. The van der Waals surface area contributed by atoms with E-state index in [1.807, 2.05) is 6.07 Å². The van der Waals surface area contributed by atoms with Crippen molar-refractivity contribution in [1.82, 2.24) is 5.32 Å². The van der Waals surface area contributed by atoms with Gasteiger partial charge in [0.05, 0.1) is 3.79 Å². The van der Waals surface area contributed by atoms with E-state index < -0.39 is 0 Å². The zero-order valence-corrected chi connectivity index (χ0v) is 10.2. The van der Waals surface area contributed by atoms with Gasteiger partial charge < -0.3 is 5.32 Å². The summed E-state index contributed by atoms with van der Waals surface area (Å²) in [5.41, 5.74) is 1.18. The largest absolute Gasteiger partial charge is 0.352 e. The predicted octanol–water partition coefficient (Wildman–Crippen LogP) is 2.93. The van der Waals surface area contributed by atoms with Crippen LogP contribution in [0.3, 0.4) is 0 Å². The van der Waals surface area contributed by atoms with Crippen molar-refractivity contribution < 1.29 is 4.79 Å². The maximum Gasteiger partial charge on any atom is 0.223 e. The van der Waals surface area contributed by atoms with Crippen molar-refractivity contribution in [1.29, 1.82) is 0 Å². The molecule has 1 aliphatic rings. The Morgan fingerprint density at radius 3 is 2.93 bits per heavy atom. The Bertz CT molecular complexity index is 333. The lowest BCUT2D eigenvalue weighted by Crippen LogP contribution is -2.33. The quantitative estimate of drug-likeness (QED) is 0.902. The molecule has 0 atom stereocenters. The molecule has 1 heterocycles. The normalized spacial score (nSPS) is 16.4. The van der Waals surface area contributed by atoms with Gasteiger partial charge in [0.2, 0.25) is 5.91 Å². The molecule has 2 rings (SSSR count). The van der Waals surface area contributed by atoms with E-state index in [1.165, 1.54) is 12.0 Å². The standard InChI is InChI=1S/C10H12BrNOS/c11-9-4-7(6-14-9)5-12-10(13)8-2-1-3-8/h4,6,8H,1-3,5H2,(H,12,13). The molecule has 0 aliphatic heterocycles. The number of nitrogens with one attached hydrogen (secondary N) is 1. The summed E-state index contributed by atoms with van der Waals surface area (Å²) >= 11 is 5.05. The van der Waals surface area contributed by atoms with Crippen molar-refractivity contribution in [3.63, 3.8) is 0 Å². The van der Waals surface area contributed by atoms with Crippen LogP contribution < -0.4 is 5.32 Å². The van der Waals surface area contributed by atoms with Crippen molar-refractivity contribution in [3.05, 3.63) is 20.8 Å². The lowest BCUT2D eigenvalue weighted by atomic mass is 9.85. The average Bonchev–Trinajstić information content (AvgIpc) is 2.45. The highest BCUT2D eigenvalue weighted by Crippen LogP contribution is 2.26. The Kier molecular flexibility index (Phi) is 3.23. The van der Waals surface area contributed by atoms with Crippen molar-refractivity contribution in [2.24, 2.45) is 5.92 Å². The molecule has 14 heavy (non-hydrogen) atoms. The minimum Gasteiger partial charge on any atom is -0.352 e. The van der Waals surface area contributed by atoms with Crippen LogP contribution in [-0.4, -0.2) is 5.91 Å². The summed E-state index contributed by atoms with van der Waals surface area (Å²) in [4.78, 5) is 11.5. The van der Waals surface area contributed by atoms with Crippen LogP contribution in [0.4, 0.5) is 0 Å². The highest BCUT2D eigenvalue weighted by molar-refractivity contribution is 9.11. The van der Waals surface area contributed by atoms with Crippen LogP contribution in [0.5, 0.6) is 0 Å². The van der Waals surface area contributed by atoms with E-state index >= 15 is 0 Å². The van der Waals surface area contributed by atoms with E-state index in [-0.39, 0.29) is 11.8 Å². The van der Waals surface area contributed by atoms with Crippen LogP contribution >= 0.6 is 27.3 Å². The molecule has 0 aromatic carbocycles. The number of halogens is 1. The van der Waals surface area contributed by atoms with Crippen molar-refractivity contribution in [2.75, 3.05) is 0 Å². The van der Waals surface area contributed by atoms with Gasteiger partial charge in [-0.3, -0.25) is 4.79 Å². The van der Waals surface area contributed by atoms with Crippen LogP contribution in [0.1, 0.15) is 24.8 Å². The van der Waals surface area contributed by atoms with Crippen LogP contribution in [0, 0.1) is 5.92 Å². The van der Waals surface area contributed by atoms with Crippen molar-refractivity contribution in [3.8, 4) is 0 Å². The van der Waals surface area contributed by atoms with Crippen LogP contribution in [0.2, 0.25) is 0 Å². The SMILES string of the molecule is O=C(NCc1csc(Br)c1)C1CCC1. The van der Waals surface area contributed by atoms with E-state index in [9.17, 15) is 4.79 Å². The molecular weight excluding hydrogens is 262 g/mol. The number of carbonyl (C=O) groups is 1. The second-order valence-electron chi connectivity index (χ2n) is 3.60. The van der Waals surface area contributed by atoms with Gasteiger partial charge >= 0.3 is 0 Å². The molecule has 1 fully saturated rings. The summed E-state index contributed by atoms with van der Waals surface area (Å²) in [6, 6.07) is 2.05. The number of hydrogen-bond donors (Lipinski definition) is 1. The van der Waals surface area contributed by atoms with Gasteiger partial charge in [0.1, 0.15) is 0 Å². The first-order valence-corrected chi connectivity index (χ1v) is 6.43. The Labute approximate surface area is 95.8 Å². The summed E-state index contributed by atoms with van der Waals surface area (Å²) in [7, 11) is 0. The van der Waals surface area contributed by atoms with E-state index in [0.29, 0.717) is 6.54 Å². The van der Waals surface area contributed by atoms with Crippen LogP contribution in [-0.2, 0) is 11.3 Å². The first kappa shape index (κ1) is 10.2. The monoisotopic (exact) mass is 273 g/mol. The molecule has 1 saturated carbocycles. The molecule has 1 aromatic rings. The van der Waals surface area contributed by atoms with Gasteiger partial charge in [-0.15, -0.1) is 11.3 Å². The highest BCUT2D eigenvalue weighted by atomic mass is 79.9. The number of hydrogen-bond acceptors (Lipinski definition) is 2. The number of thiophene rings is 1. The fourth-order valence-corrected chi connectivity index (χ4v) is 2.65. The molecule has 1 amide bonds. The van der Waals surface area contributed by atoms with Gasteiger partial charge in [-0.1, -0.05) is 6.42 Å². The zero-order valence-electron chi connectivity index (χ0n) is 7.75. The van der Waals surface area contributed by atoms with Crippen LogP contribution in [0.25, 0.3) is 0 Å². The molecule has 1 aliphatic carbocycles. The van der Waals surface area contributed by atoms with Gasteiger partial charge in [-0.25, -0.2) is 0 Å². The maximum atomic E-state index is 11.5.